The third-order valence-electron chi connectivity index (χ3n) is 1.34. The predicted molar refractivity (Wildman–Crippen MR) is 42.9 cm³/mol. The van der Waals surface area contributed by atoms with Gasteiger partial charge in [0.05, 0.1) is 0 Å². The molecule has 0 aliphatic carbocycles. The van der Waals surface area contributed by atoms with E-state index in [1.165, 1.54) is 25.7 Å². The van der Waals surface area contributed by atoms with Gasteiger partial charge in [-0.25, -0.2) is 0 Å². The maximum absolute atomic E-state index is 4.35. The fourth-order valence-electron chi connectivity index (χ4n) is 0.652. The van der Waals surface area contributed by atoms with E-state index in [1.54, 1.807) is 0 Å². The standard InChI is InChI=1S/C8H18N.Hf/c1-3-5-7-9-8-6-4-2;/h3-8H2,1-2H3;/q-1;. The first-order valence-electron chi connectivity index (χ1n) is 4.05. The molecule has 0 amide bonds. The molecule has 0 N–H and O–H groups in total. The van der Waals surface area contributed by atoms with Crippen LogP contribution in [0.1, 0.15) is 39.5 Å². The Morgan fingerprint density at radius 2 is 1.30 bits per heavy atom. The van der Waals surface area contributed by atoms with Crippen LogP contribution in [0.2, 0.25) is 0 Å². The van der Waals surface area contributed by atoms with Gasteiger partial charge in [-0.05, 0) is 0 Å². The normalized spacial score (nSPS) is 9.00. The average molecular weight is 307 g/mol. The second kappa shape index (κ2) is 12.5. The van der Waals surface area contributed by atoms with Crippen LogP contribution in [-0.2, 0) is 25.8 Å². The Balaban J connectivity index is 0. The molecule has 0 aliphatic rings. The second-order valence-corrected chi connectivity index (χ2v) is 2.38. The third-order valence-corrected chi connectivity index (χ3v) is 1.34. The Bertz CT molecular complexity index is 42.5. The van der Waals surface area contributed by atoms with Crippen molar-refractivity contribution in [1.82, 2.24) is 0 Å². The van der Waals surface area contributed by atoms with E-state index in [9.17, 15) is 0 Å². The summed E-state index contributed by atoms with van der Waals surface area (Å²) in [4.78, 5) is 0. The van der Waals surface area contributed by atoms with E-state index in [1.807, 2.05) is 0 Å². The summed E-state index contributed by atoms with van der Waals surface area (Å²) in [5, 5.41) is 4.35. The van der Waals surface area contributed by atoms with Gasteiger partial charge < -0.3 is 5.32 Å². The molecule has 0 radical (unpaired) electrons. The summed E-state index contributed by atoms with van der Waals surface area (Å²) in [6, 6.07) is 0. The predicted octanol–water partition coefficient (Wildman–Crippen LogP) is 2.96. The van der Waals surface area contributed by atoms with Crippen molar-refractivity contribution < 1.29 is 25.8 Å². The van der Waals surface area contributed by atoms with E-state index >= 15 is 0 Å². The van der Waals surface area contributed by atoms with Crippen LogP contribution in [-0.4, -0.2) is 13.1 Å². The van der Waals surface area contributed by atoms with Crippen molar-refractivity contribution in [3.05, 3.63) is 5.32 Å². The molecule has 0 aliphatic heterocycles. The van der Waals surface area contributed by atoms with E-state index in [0.29, 0.717) is 0 Å². The fourth-order valence-corrected chi connectivity index (χ4v) is 0.652. The molecule has 0 aromatic heterocycles. The molecule has 0 saturated heterocycles. The van der Waals surface area contributed by atoms with Gasteiger partial charge in [0, 0.05) is 25.8 Å². The van der Waals surface area contributed by atoms with Crippen LogP contribution >= 0.6 is 0 Å². The zero-order valence-corrected chi connectivity index (χ0v) is 10.8. The van der Waals surface area contributed by atoms with Crippen LogP contribution in [0.15, 0.2) is 0 Å². The van der Waals surface area contributed by atoms with E-state index in [-0.39, 0.29) is 25.8 Å². The summed E-state index contributed by atoms with van der Waals surface area (Å²) >= 11 is 0. The van der Waals surface area contributed by atoms with Crippen LogP contribution < -0.4 is 0 Å². The van der Waals surface area contributed by atoms with Gasteiger partial charge in [0.25, 0.3) is 0 Å². The third kappa shape index (κ3) is 11.6. The summed E-state index contributed by atoms with van der Waals surface area (Å²) in [7, 11) is 0. The molecular formula is C8H18HfN-. The van der Waals surface area contributed by atoms with Gasteiger partial charge >= 0.3 is 0 Å². The largest absolute Gasteiger partial charge is 0.662 e. The Labute approximate surface area is 83.8 Å². The van der Waals surface area contributed by atoms with E-state index in [2.05, 4.69) is 19.2 Å². The summed E-state index contributed by atoms with van der Waals surface area (Å²) in [6.07, 6.45) is 5.08. The first kappa shape index (κ1) is 13.4. The molecule has 0 saturated carbocycles. The molecule has 0 atom stereocenters. The minimum absolute atomic E-state index is 0. The van der Waals surface area contributed by atoms with Crippen molar-refractivity contribution in [2.24, 2.45) is 0 Å². The number of nitrogens with zero attached hydrogens (tertiary/aromatic N) is 1. The van der Waals surface area contributed by atoms with Crippen LogP contribution in [0.5, 0.6) is 0 Å². The molecule has 0 spiro atoms. The molecule has 1 nitrogen and oxygen atoms in total. The minimum Gasteiger partial charge on any atom is -0.662 e. The van der Waals surface area contributed by atoms with E-state index in [0.717, 1.165) is 13.1 Å². The Morgan fingerprint density at radius 1 is 0.900 bits per heavy atom. The van der Waals surface area contributed by atoms with Crippen molar-refractivity contribution in [3.8, 4) is 0 Å². The molecule has 0 bridgehead atoms. The van der Waals surface area contributed by atoms with Gasteiger partial charge in [-0.1, -0.05) is 39.5 Å². The van der Waals surface area contributed by atoms with Crippen molar-refractivity contribution >= 4 is 0 Å². The number of unbranched alkanes of at least 4 members (excludes halogenated alkanes) is 2. The Hall–Kier alpha value is 0.830. The quantitative estimate of drug-likeness (QED) is 0.529. The molecular weight excluding hydrogens is 289 g/mol. The molecule has 0 fully saturated rings. The van der Waals surface area contributed by atoms with Crippen molar-refractivity contribution in [2.45, 2.75) is 39.5 Å². The van der Waals surface area contributed by atoms with Gasteiger partial charge in [0.1, 0.15) is 0 Å². The van der Waals surface area contributed by atoms with E-state index < -0.39 is 0 Å². The van der Waals surface area contributed by atoms with Crippen molar-refractivity contribution in [2.75, 3.05) is 13.1 Å². The summed E-state index contributed by atoms with van der Waals surface area (Å²) in [6.45, 7) is 6.57. The maximum Gasteiger partial charge on any atom is 0 e. The zero-order valence-electron chi connectivity index (χ0n) is 7.19. The minimum atomic E-state index is 0. The molecule has 10 heavy (non-hydrogen) atoms. The zero-order chi connectivity index (χ0) is 6.95. The fraction of sp³-hybridized carbons (Fsp3) is 1.00. The average Bonchev–Trinajstić information content (AvgIpc) is 1.89. The van der Waals surface area contributed by atoms with Gasteiger partial charge in [-0.3, -0.25) is 0 Å². The monoisotopic (exact) mass is 308 g/mol. The molecule has 0 heterocycles. The molecule has 0 rings (SSSR count). The van der Waals surface area contributed by atoms with Gasteiger partial charge in [0.2, 0.25) is 0 Å². The van der Waals surface area contributed by atoms with Crippen molar-refractivity contribution in [3.63, 3.8) is 0 Å². The maximum atomic E-state index is 4.35. The SMILES string of the molecule is CCCC[N-]CCCC.[Hf]. The first-order valence-corrected chi connectivity index (χ1v) is 4.05. The number of rotatable bonds is 6. The Morgan fingerprint density at radius 3 is 1.60 bits per heavy atom. The smallest absolute Gasteiger partial charge is 0 e. The summed E-state index contributed by atoms with van der Waals surface area (Å²) in [5.41, 5.74) is 0. The van der Waals surface area contributed by atoms with Crippen LogP contribution in [0.25, 0.3) is 5.32 Å². The second-order valence-electron chi connectivity index (χ2n) is 2.38. The van der Waals surface area contributed by atoms with Gasteiger partial charge in [-0.2, -0.15) is 0 Å². The number of hydrogen-bond donors (Lipinski definition) is 0. The molecule has 0 unspecified atom stereocenters. The van der Waals surface area contributed by atoms with Crippen molar-refractivity contribution in [1.29, 1.82) is 0 Å². The molecule has 0 aromatic rings. The molecule has 0 aromatic carbocycles. The van der Waals surface area contributed by atoms with Crippen LogP contribution in [0.3, 0.4) is 0 Å². The molecule has 2 heteroatoms. The molecule has 60 valence electrons. The van der Waals surface area contributed by atoms with Gasteiger partial charge in [-0.15, -0.1) is 13.1 Å². The summed E-state index contributed by atoms with van der Waals surface area (Å²) in [5.74, 6) is 0. The Kier molecular flexibility index (Phi) is 16.8. The summed E-state index contributed by atoms with van der Waals surface area (Å²) < 4.78 is 0. The first-order chi connectivity index (χ1) is 4.41. The number of hydrogen-bond acceptors (Lipinski definition) is 0. The van der Waals surface area contributed by atoms with Crippen LogP contribution in [0.4, 0.5) is 0 Å². The van der Waals surface area contributed by atoms with Gasteiger partial charge in [0.15, 0.2) is 0 Å². The van der Waals surface area contributed by atoms with Crippen LogP contribution in [0, 0.1) is 0 Å². The van der Waals surface area contributed by atoms with E-state index in [4.69, 9.17) is 0 Å². The topological polar surface area (TPSA) is 14.1 Å².